The molecule has 0 bridgehead atoms. The summed E-state index contributed by atoms with van der Waals surface area (Å²) in [5.74, 6) is -0.325. The van der Waals surface area contributed by atoms with Gasteiger partial charge in [0.05, 0.1) is 23.1 Å². The van der Waals surface area contributed by atoms with Crippen molar-refractivity contribution in [2.45, 2.75) is 12.8 Å². The normalized spacial score (nSPS) is 24.4. The lowest BCUT2D eigenvalue weighted by atomic mass is 10.1. The van der Waals surface area contributed by atoms with Crippen LogP contribution in [0.3, 0.4) is 0 Å². The minimum Gasteiger partial charge on any atom is -0.355 e. The third-order valence-electron chi connectivity index (χ3n) is 5.44. The molecule has 2 aliphatic rings. The van der Waals surface area contributed by atoms with Crippen molar-refractivity contribution in [3.05, 3.63) is 42.5 Å². The van der Waals surface area contributed by atoms with Crippen molar-refractivity contribution in [3.8, 4) is 0 Å². The number of hydrogen-bond donors (Lipinski definition) is 1. The Kier molecular flexibility index (Phi) is 4.63. The van der Waals surface area contributed by atoms with E-state index in [-0.39, 0.29) is 35.7 Å². The molecule has 7 heteroatoms. The van der Waals surface area contributed by atoms with E-state index >= 15 is 0 Å². The van der Waals surface area contributed by atoms with Gasteiger partial charge >= 0.3 is 0 Å². The number of carbonyl (C=O) groups is 2. The van der Waals surface area contributed by atoms with E-state index in [0.717, 1.165) is 16.5 Å². The van der Waals surface area contributed by atoms with E-state index < -0.39 is 15.8 Å². The summed E-state index contributed by atoms with van der Waals surface area (Å²) >= 11 is 0. The van der Waals surface area contributed by atoms with Gasteiger partial charge in [-0.05, 0) is 23.8 Å². The van der Waals surface area contributed by atoms with Crippen LogP contribution in [0.5, 0.6) is 0 Å². The van der Waals surface area contributed by atoms with Gasteiger partial charge in [0, 0.05) is 24.9 Å². The maximum Gasteiger partial charge on any atom is 0.227 e. The molecule has 2 unspecified atom stereocenters. The third kappa shape index (κ3) is 3.69. The van der Waals surface area contributed by atoms with E-state index in [1.807, 2.05) is 42.5 Å². The molecule has 0 radical (unpaired) electrons. The van der Waals surface area contributed by atoms with Crippen molar-refractivity contribution in [3.63, 3.8) is 0 Å². The van der Waals surface area contributed by atoms with E-state index in [4.69, 9.17) is 0 Å². The van der Waals surface area contributed by atoms with Gasteiger partial charge in [-0.15, -0.1) is 0 Å². The van der Waals surface area contributed by atoms with Gasteiger partial charge in [-0.25, -0.2) is 8.42 Å². The molecule has 0 aromatic heterocycles. The number of sulfone groups is 1. The highest BCUT2D eigenvalue weighted by molar-refractivity contribution is 7.91. The molecule has 2 aliphatic heterocycles. The summed E-state index contributed by atoms with van der Waals surface area (Å²) in [6, 6.07) is 13.7. The van der Waals surface area contributed by atoms with Crippen molar-refractivity contribution in [1.82, 2.24) is 5.32 Å². The average molecular weight is 386 g/mol. The fraction of sp³-hybridized carbons (Fsp3) is 0.400. The second kappa shape index (κ2) is 6.96. The van der Waals surface area contributed by atoms with Crippen molar-refractivity contribution in [1.29, 1.82) is 0 Å². The lowest BCUT2D eigenvalue weighted by Gasteiger charge is -2.19. The summed E-state index contributed by atoms with van der Waals surface area (Å²) in [7, 11) is -2.95. The number of anilines is 1. The minimum absolute atomic E-state index is 0.0229. The number of hydrogen-bond acceptors (Lipinski definition) is 4. The molecule has 2 heterocycles. The monoisotopic (exact) mass is 386 g/mol. The first-order valence-electron chi connectivity index (χ1n) is 9.19. The number of carbonyl (C=O) groups excluding carboxylic acids is 2. The second-order valence-corrected chi connectivity index (χ2v) is 9.65. The molecule has 2 amide bonds. The first-order chi connectivity index (χ1) is 12.9. The fourth-order valence-corrected chi connectivity index (χ4v) is 5.84. The van der Waals surface area contributed by atoms with Crippen LogP contribution in [0.25, 0.3) is 10.8 Å². The van der Waals surface area contributed by atoms with Crippen LogP contribution >= 0.6 is 0 Å². The quantitative estimate of drug-likeness (QED) is 0.868. The predicted molar refractivity (Wildman–Crippen MR) is 104 cm³/mol. The van der Waals surface area contributed by atoms with Crippen LogP contribution < -0.4 is 10.2 Å². The lowest BCUT2D eigenvalue weighted by Crippen LogP contribution is -2.36. The Hall–Kier alpha value is -2.41. The summed E-state index contributed by atoms with van der Waals surface area (Å²) in [6.45, 7) is 0.707. The highest BCUT2D eigenvalue weighted by Gasteiger charge is 2.36. The molecular formula is C20H22N2O4S. The number of nitrogens with one attached hydrogen (secondary N) is 1. The largest absolute Gasteiger partial charge is 0.355 e. The summed E-state index contributed by atoms with van der Waals surface area (Å²) in [5.41, 5.74) is 0.829. The van der Waals surface area contributed by atoms with E-state index in [1.165, 1.54) is 0 Å². The highest BCUT2D eigenvalue weighted by atomic mass is 32.2. The fourth-order valence-electron chi connectivity index (χ4n) is 3.98. The van der Waals surface area contributed by atoms with Gasteiger partial charge in [-0.2, -0.15) is 0 Å². The maximum absolute atomic E-state index is 12.5. The predicted octanol–water partition coefficient (Wildman–Crippen LogP) is 1.74. The number of nitrogens with zero attached hydrogens (tertiary/aromatic N) is 1. The van der Waals surface area contributed by atoms with Crippen molar-refractivity contribution in [2.24, 2.45) is 11.8 Å². The number of fused-ring (bicyclic) bond motifs is 1. The first kappa shape index (κ1) is 18.0. The van der Waals surface area contributed by atoms with Gasteiger partial charge in [-0.3, -0.25) is 9.59 Å². The van der Waals surface area contributed by atoms with Crippen LogP contribution in [0.1, 0.15) is 12.8 Å². The van der Waals surface area contributed by atoms with Crippen LogP contribution in [-0.2, 0) is 19.4 Å². The van der Waals surface area contributed by atoms with Crippen LogP contribution in [0.15, 0.2) is 42.5 Å². The van der Waals surface area contributed by atoms with Crippen molar-refractivity contribution >= 4 is 38.1 Å². The molecule has 0 aliphatic carbocycles. The Morgan fingerprint density at radius 1 is 1.15 bits per heavy atom. The number of benzene rings is 2. The van der Waals surface area contributed by atoms with Gasteiger partial charge in [0.25, 0.3) is 0 Å². The SMILES string of the molecule is O=C(NCC1CCS(=O)(=O)C1)C1CC(=O)N(c2cccc3ccccc23)C1. The number of rotatable bonds is 4. The maximum atomic E-state index is 12.5. The first-order valence-corrected chi connectivity index (χ1v) is 11.0. The van der Waals surface area contributed by atoms with E-state index in [1.54, 1.807) is 4.90 Å². The average Bonchev–Trinajstić information content (AvgIpc) is 3.21. The molecule has 2 aromatic carbocycles. The summed E-state index contributed by atoms with van der Waals surface area (Å²) in [4.78, 5) is 26.7. The number of amides is 2. The Morgan fingerprint density at radius 3 is 2.70 bits per heavy atom. The molecule has 2 fully saturated rings. The van der Waals surface area contributed by atoms with Crippen molar-refractivity contribution < 1.29 is 18.0 Å². The van der Waals surface area contributed by atoms with Crippen LogP contribution in [0.4, 0.5) is 5.69 Å². The smallest absolute Gasteiger partial charge is 0.227 e. The molecule has 2 saturated heterocycles. The van der Waals surface area contributed by atoms with E-state index in [2.05, 4.69) is 5.32 Å². The molecule has 0 saturated carbocycles. The summed E-state index contributed by atoms with van der Waals surface area (Å²) in [6.07, 6.45) is 0.770. The van der Waals surface area contributed by atoms with Crippen molar-refractivity contribution in [2.75, 3.05) is 29.5 Å². The van der Waals surface area contributed by atoms with Crippen LogP contribution in [-0.4, -0.2) is 44.8 Å². The molecule has 27 heavy (non-hydrogen) atoms. The Bertz CT molecular complexity index is 997. The van der Waals surface area contributed by atoms with Crippen LogP contribution in [0.2, 0.25) is 0 Å². The zero-order valence-electron chi connectivity index (χ0n) is 14.9. The Labute approximate surface area is 158 Å². The van der Waals surface area contributed by atoms with Gasteiger partial charge in [0.1, 0.15) is 0 Å². The lowest BCUT2D eigenvalue weighted by molar-refractivity contribution is -0.126. The molecule has 4 rings (SSSR count). The van der Waals surface area contributed by atoms with E-state index in [9.17, 15) is 18.0 Å². The zero-order chi connectivity index (χ0) is 19.0. The molecule has 6 nitrogen and oxygen atoms in total. The molecular weight excluding hydrogens is 364 g/mol. The third-order valence-corrected chi connectivity index (χ3v) is 7.28. The second-order valence-electron chi connectivity index (χ2n) is 7.42. The summed E-state index contributed by atoms with van der Waals surface area (Å²) in [5, 5.41) is 4.90. The molecule has 142 valence electrons. The standard InChI is InChI=1S/C20H22N2O4S/c23-19-10-16(20(24)21-11-14-8-9-27(25,26)13-14)12-22(19)18-7-3-5-15-4-1-2-6-17(15)18/h1-7,14,16H,8-13H2,(H,21,24). The topological polar surface area (TPSA) is 83.5 Å². The van der Waals surface area contributed by atoms with Gasteiger partial charge in [0.15, 0.2) is 9.84 Å². The highest BCUT2D eigenvalue weighted by Crippen LogP contribution is 2.31. The Balaban J connectivity index is 1.43. The van der Waals surface area contributed by atoms with Gasteiger partial charge in [0.2, 0.25) is 11.8 Å². The van der Waals surface area contributed by atoms with Gasteiger partial charge in [-0.1, -0.05) is 36.4 Å². The molecule has 2 atom stereocenters. The molecule has 0 spiro atoms. The van der Waals surface area contributed by atoms with E-state index in [0.29, 0.717) is 19.5 Å². The summed E-state index contributed by atoms with van der Waals surface area (Å²) < 4.78 is 23.1. The Morgan fingerprint density at radius 2 is 1.93 bits per heavy atom. The van der Waals surface area contributed by atoms with Gasteiger partial charge < -0.3 is 10.2 Å². The minimum atomic E-state index is -2.95. The molecule has 1 N–H and O–H groups in total. The zero-order valence-corrected chi connectivity index (χ0v) is 15.7. The molecule has 2 aromatic rings. The van der Waals surface area contributed by atoms with Crippen LogP contribution in [0, 0.1) is 11.8 Å².